The lowest BCUT2D eigenvalue weighted by Crippen LogP contribution is -2.33. The Bertz CT molecular complexity index is 1350. The fourth-order valence-corrected chi connectivity index (χ4v) is 4.02. The van der Waals surface area contributed by atoms with E-state index in [2.05, 4.69) is 14.9 Å². The number of benzene rings is 1. The van der Waals surface area contributed by atoms with Crippen molar-refractivity contribution in [2.24, 2.45) is 0 Å². The Morgan fingerprint density at radius 1 is 1.19 bits per heavy atom. The second-order valence-corrected chi connectivity index (χ2v) is 8.07. The molecule has 0 unspecified atom stereocenters. The lowest BCUT2D eigenvalue weighted by molar-refractivity contribution is 0.241. The van der Waals surface area contributed by atoms with Crippen LogP contribution in [-0.4, -0.2) is 26.4 Å². The Balaban J connectivity index is 1.42. The molecule has 1 aliphatic rings. The van der Waals surface area contributed by atoms with Crippen molar-refractivity contribution in [1.29, 1.82) is 0 Å². The standard InChI is InChI=1S/C24H23N5O2/c1-14-8-18-21(9-15(14)2)31-23(25)19(22(18)30)13-29-7-5-20-17(12-29)11-27-24(28-20)16-4-3-6-26-10-16/h3-4,6,8-11H,5,7,12-13,25H2,1-2H3. The van der Waals surface area contributed by atoms with Gasteiger partial charge in [-0.1, -0.05) is 0 Å². The van der Waals surface area contributed by atoms with Crippen LogP contribution in [0, 0.1) is 13.8 Å². The lowest BCUT2D eigenvalue weighted by Gasteiger charge is -2.28. The van der Waals surface area contributed by atoms with Crippen molar-refractivity contribution in [3.8, 4) is 11.4 Å². The highest BCUT2D eigenvalue weighted by Gasteiger charge is 2.22. The zero-order chi connectivity index (χ0) is 21.5. The number of fused-ring (bicyclic) bond motifs is 2. The van der Waals surface area contributed by atoms with Crippen molar-refractivity contribution in [1.82, 2.24) is 19.9 Å². The molecule has 5 rings (SSSR count). The average Bonchev–Trinajstić information content (AvgIpc) is 2.78. The van der Waals surface area contributed by atoms with Gasteiger partial charge in [0.05, 0.1) is 16.6 Å². The van der Waals surface area contributed by atoms with Crippen LogP contribution in [-0.2, 0) is 19.5 Å². The predicted molar refractivity (Wildman–Crippen MR) is 119 cm³/mol. The van der Waals surface area contributed by atoms with E-state index in [0.29, 0.717) is 35.4 Å². The molecule has 0 atom stereocenters. The lowest BCUT2D eigenvalue weighted by atomic mass is 10.0. The molecule has 0 saturated carbocycles. The molecule has 1 aliphatic heterocycles. The molecule has 0 amide bonds. The first-order valence-electron chi connectivity index (χ1n) is 10.3. The average molecular weight is 413 g/mol. The van der Waals surface area contributed by atoms with Crippen LogP contribution >= 0.6 is 0 Å². The first kappa shape index (κ1) is 19.4. The van der Waals surface area contributed by atoms with E-state index in [1.54, 1.807) is 12.4 Å². The zero-order valence-corrected chi connectivity index (χ0v) is 17.6. The molecule has 0 bridgehead atoms. The van der Waals surface area contributed by atoms with E-state index in [1.165, 1.54) is 0 Å². The van der Waals surface area contributed by atoms with Gasteiger partial charge in [-0.05, 0) is 49.2 Å². The SMILES string of the molecule is Cc1cc2oc(N)c(CN3CCc4nc(-c5cccnc5)ncc4C3)c(=O)c2cc1C. The van der Waals surface area contributed by atoms with Crippen molar-refractivity contribution in [3.05, 3.63) is 81.0 Å². The maximum absolute atomic E-state index is 13.1. The molecular weight excluding hydrogens is 390 g/mol. The molecule has 7 nitrogen and oxygen atoms in total. The van der Waals surface area contributed by atoms with Gasteiger partial charge in [0.1, 0.15) is 5.58 Å². The smallest absolute Gasteiger partial charge is 0.199 e. The Morgan fingerprint density at radius 3 is 2.84 bits per heavy atom. The number of aromatic nitrogens is 3. The number of hydrogen-bond donors (Lipinski definition) is 1. The van der Waals surface area contributed by atoms with Crippen LogP contribution in [0.15, 0.2) is 52.1 Å². The fourth-order valence-electron chi connectivity index (χ4n) is 4.02. The van der Waals surface area contributed by atoms with Gasteiger partial charge in [0.15, 0.2) is 17.1 Å². The minimum Gasteiger partial charge on any atom is -0.440 e. The predicted octanol–water partition coefficient (Wildman–Crippen LogP) is 3.40. The van der Waals surface area contributed by atoms with Gasteiger partial charge in [0.25, 0.3) is 0 Å². The second-order valence-electron chi connectivity index (χ2n) is 8.07. The maximum atomic E-state index is 13.1. The first-order valence-corrected chi connectivity index (χ1v) is 10.3. The van der Waals surface area contributed by atoms with Crippen LogP contribution in [0.4, 0.5) is 5.88 Å². The van der Waals surface area contributed by atoms with Crippen molar-refractivity contribution in [2.45, 2.75) is 33.4 Å². The summed E-state index contributed by atoms with van der Waals surface area (Å²) in [5.41, 5.74) is 12.3. The van der Waals surface area contributed by atoms with Crippen LogP contribution in [0.25, 0.3) is 22.4 Å². The van der Waals surface area contributed by atoms with E-state index < -0.39 is 0 Å². The van der Waals surface area contributed by atoms with Crippen LogP contribution in [0.2, 0.25) is 0 Å². The maximum Gasteiger partial charge on any atom is 0.199 e. The van der Waals surface area contributed by atoms with Gasteiger partial charge in [-0.25, -0.2) is 9.97 Å². The molecule has 0 aliphatic carbocycles. The summed E-state index contributed by atoms with van der Waals surface area (Å²) in [5.74, 6) is 0.875. The molecule has 0 saturated heterocycles. The number of aryl methyl sites for hydroxylation is 2. The van der Waals surface area contributed by atoms with Gasteiger partial charge < -0.3 is 10.2 Å². The number of hydrogen-bond acceptors (Lipinski definition) is 7. The number of rotatable bonds is 3. The first-order chi connectivity index (χ1) is 15.0. The molecule has 0 spiro atoms. The van der Waals surface area contributed by atoms with E-state index in [0.717, 1.165) is 40.9 Å². The van der Waals surface area contributed by atoms with E-state index >= 15 is 0 Å². The van der Waals surface area contributed by atoms with Crippen LogP contribution in [0.1, 0.15) is 27.9 Å². The molecule has 0 fully saturated rings. The van der Waals surface area contributed by atoms with Gasteiger partial charge in [-0.3, -0.25) is 14.7 Å². The molecular formula is C24H23N5O2. The Morgan fingerprint density at radius 2 is 2.03 bits per heavy atom. The number of nitrogens with zero attached hydrogens (tertiary/aromatic N) is 4. The zero-order valence-electron chi connectivity index (χ0n) is 17.6. The van der Waals surface area contributed by atoms with Crippen LogP contribution in [0.3, 0.4) is 0 Å². The highest BCUT2D eigenvalue weighted by molar-refractivity contribution is 5.80. The Labute approximate surface area is 179 Å². The quantitative estimate of drug-likeness (QED) is 0.550. The van der Waals surface area contributed by atoms with Crippen molar-refractivity contribution >= 4 is 16.9 Å². The fraction of sp³-hybridized carbons (Fsp3) is 0.250. The molecule has 3 aromatic heterocycles. The summed E-state index contributed by atoms with van der Waals surface area (Å²) in [5, 5.41) is 0.578. The second kappa shape index (κ2) is 7.59. The number of nitrogen functional groups attached to an aromatic ring is 1. The topological polar surface area (TPSA) is 98.1 Å². The van der Waals surface area contributed by atoms with E-state index in [9.17, 15) is 4.79 Å². The highest BCUT2D eigenvalue weighted by atomic mass is 16.3. The van der Waals surface area contributed by atoms with Crippen molar-refractivity contribution < 1.29 is 4.42 Å². The van der Waals surface area contributed by atoms with Gasteiger partial charge in [-0.15, -0.1) is 0 Å². The summed E-state index contributed by atoms with van der Waals surface area (Å²) in [6.45, 7) is 5.85. The Hall–Kier alpha value is -3.58. The molecule has 31 heavy (non-hydrogen) atoms. The van der Waals surface area contributed by atoms with Gasteiger partial charge in [0.2, 0.25) is 0 Å². The molecule has 0 radical (unpaired) electrons. The number of nitrogens with two attached hydrogens (primary N) is 1. The third-order valence-electron chi connectivity index (χ3n) is 5.95. The summed E-state index contributed by atoms with van der Waals surface area (Å²) in [4.78, 5) is 28.7. The monoisotopic (exact) mass is 413 g/mol. The normalized spacial score (nSPS) is 14.0. The minimum absolute atomic E-state index is 0.0594. The third kappa shape index (κ3) is 3.57. The van der Waals surface area contributed by atoms with E-state index in [-0.39, 0.29) is 11.3 Å². The minimum atomic E-state index is -0.0594. The molecule has 7 heteroatoms. The van der Waals surface area contributed by atoms with Gasteiger partial charge in [-0.2, -0.15) is 0 Å². The summed E-state index contributed by atoms with van der Waals surface area (Å²) in [6.07, 6.45) is 6.15. The van der Waals surface area contributed by atoms with Gasteiger partial charge in [0, 0.05) is 55.8 Å². The molecule has 4 aromatic rings. The molecule has 2 N–H and O–H groups in total. The summed E-state index contributed by atoms with van der Waals surface area (Å²) < 4.78 is 5.81. The van der Waals surface area contributed by atoms with Gasteiger partial charge >= 0.3 is 0 Å². The number of anilines is 1. The molecule has 4 heterocycles. The number of pyridine rings is 1. The highest BCUT2D eigenvalue weighted by Crippen LogP contribution is 2.25. The summed E-state index contributed by atoms with van der Waals surface area (Å²) >= 11 is 0. The Kier molecular flexibility index (Phi) is 4.75. The van der Waals surface area contributed by atoms with E-state index in [1.807, 2.05) is 44.3 Å². The van der Waals surface area contributed by atoms with Crippen LogP contribution < -0.4 is 11.2 Å². The summed E-state index contributed by atoms with van der Waals surface area (Å²) in [6, 6.07) is 7.59. The van der Waals surface area contributed by atoms with E-state index in [4.69, 9.17) is 15.1 Å². The van der Waals surface area contributed by atoms with Crippen LogP contribution in [0.5, 0.6) is 0 Å². The molecule has 1 aromatic carbocycles. The van der Waals surface area contributed by atoms with Crippen molar-refractivity contribution in [3.63, 3.8) is 0 Å². The summed E-state index contributed by atoms with van der Waals surface area (Å²) in [7, 11) is 0. The molecule has 156 valence electrons. The largest absolute Gasteiger partial charge is 0.440 e. The van der Waals surface area contributed by atoms with Crippen molar-refractivity contribution in [2.75, 3.05) is 12.3 Å². The third-order valence-corrected chi connectivity index (χ3v) is 5.95.